The van der Waals surface area contributed by atoms with Gasteiger partial charge in [0.25, 0.3) is 5.56 Å². The van der Waals surface area contributed by atoms with Gasteiger partial charge in [-0.1, -0.05) is 44.2 Å². The van der Waals surface area contributed by atoms with Crippen LogP contribution in [0.15, 0.2) is 35.1 Å². The van der Waals surface area contributed by atoms with E-state index in [0.29, 0.717) is 30.1 Å². The number of nitrogens with zero attached hydrogens (tertiary/aromatic N) is 3. The van der Waals surface area contributed by atoms with Crippen molar-refractivity contribution in [1.82, 2.24) is 14.5 Å². The second-order valence-corrected chi connectivity index (χ2v) is 10.1. The molecule has 0 saturated heterocycles. The summed E-state index contributed by atoms with van der Waals surface area (Å²) in [7, 11) is 3.88. The van der Waals surface area contributed by atoms with E-state index in [-0.39, 0.29) is 12.2 Å². The number of ether oxygens (including phenoxy) is 1. The van der Waals surface area contributed by atoms with Gasteiger partial charge in [0.1, 0.15) is 23.3 Å². The molecule has 0 N–H and O–H groups in total. The van der Waals surface area contributed by atoms with Crippen LogP contribution in [0.2, 0.25) is 0 Å². The van der Waals surface area contributed by atoms with E-state index in [1.54, 1.807) is 15.9 Å². The molecule has 0 aliphatic heterocycles. The molecule has 0 amide bonds. The van der Waals surface area contributed by atoms with Crippen molar-refractivity contribution in [2.75, 3.05) is 14.1 Å². The molecule has 1 aliphatic carbocycles. The van der Waals surface area contributed by atoms with Gasteiger partial charge >= 0.3 is 5.97 Å². The minimum atomic E-state index is -0.698. The highest BCUT2D eigenvalue weighted by Crippen LogP contribution is 2.36. The Morgan fingerprint density at radius 2 is 2.06 bits per heavy atom. The van der Waals surface area contributed by atoms with Gasteiger partial charge in [0.15, 0.2) is 0 Å². The highest BCUT2D eigenvalue weighted by Gasteiger charge is 2.29. The summed E-state index contributed by atoms with van der Waals surface area (Å²) in [4.78, 5) is 35.9. The third-order valence-corrected chi connectivity index (χ3v) is 7.23. The van der Waals surface area contributed by atoms with Crippen LogP contribution in [0.5, 0.6) is 0 Å². The van der Waals surface area contributed by atoms with Crippen LogP contribution in [-0.2, 0) is 35.5 Å². The Hall–Kier alpha value is -2.51. The molecule has 6 nitrogen and oxygen atoms in total. The normalized spacial score (nSPS) is 16.8. The average molecular weight is 454 g/mol. The van der Waals surface area contributed by atoms with Gasteiger partial charge in [-0.15, -0.1) is 11.3 Å². The number of fused-ring (bicyclic) bond motifs is 3. The number of aryl methyl sites for hydroxylation is 1. The quantitative estimate of drug-likeness (QED) is 0.498. The van der Waals surface area contributed by atoms with Crippen molar-refractivity contribution >= 4 is 27.5 Å². The maximum atomic E-state index is 13.8. The molecule has 1 aromatic carbocycles. The lowest BCUT2D eigenvalue weighted by molar-refractivity contribution is -0.149. The molecule has 2 atom stereocenters. The highest BCUT2D eigenvalue weighted by molar-refractivity contribution is 7.18. The summed E-state index contributed by atoms with van der Waals surface area (Å²) >= 11 is 1.64. The lowest BCUT2D eigenvalue weighted by Crippen LogP contribution is -2.35. The average Bonchev–Trinajstić information content (AvgIpc) is 3.12. The number of carbonyl (C=O) groups excluding carboxylic acids is 1. The summed E-state index contributed by atoms with van der Waals surface area (Å²) < 4.78 is 7.23. The number of carbonyl (C=O) groups is 1. The van der Waals surface area contributed by atoms with Gasteiger partial charge in [-0.2, -0.15) is 0 Å². The van der Waals surface area contributed by atoms with Gasteiger partial charge in [-0.05, 0) is 56.8 Å². The predicted molar refractivity (Wildman–Crippen MR) is 128 cm³/mol. The molecular formula is C25H31N3O3S. The van der Waals surface area contributed by atoms with Crippen LogP contribution < -0.4 is 5.56 Å². The number of benzene rings is 1. The van der Waals surface area contributed by atoms with E-state index in [2.05, 4.69) is 6.92 Å². The molecule has 0 saturated carbocycles. The van der Waals surface area contributed by atoms with E-state index in [1.807, 2.05) is 56.3 Å². The summed E-state index contributed by atoms with van der Waals surface area (Å²) in [5, 5.41) is 0.703. The van der Waals surface area contributed by atoms with E-state index in [0.717, 1.165) is 35.2 Å². The first-order chi connectivity index (χ1) is 15.4. The molecule has 0 bridgehead atoms. The smallest absolute Gasteiger partial charge is 0.329 e. The zero-order chi connectivity index (χ0) is 22.8. The number of thiophene rings is 1. The Balaban J connectivity index is 1.76. The number of aromatic nitrogens is 2. The van der Waals surface area contributed by atoms with E-state index in [1.165, 1.54) is 4.88 Å². The molecule has 4 rings (SSSR count). The molecule has 2 unspecified atom stereocenters. The molecule has 1 aliphatic rings. The second kappa shape index (κ2) is 9.55. The zero-order valence-electron chi connectivity index (χ0n) is 19.3. The van der Waals surface area contributed by atoms with Crippen LogP contribution in [0, 0.1) is 5.92 Å². The van der Waals surface area contributed by atoms with Crippen molar-refractivity contribution in [2.45, 2.75) is 58.7 Å². The summed E-state index contributed by atoms with van der Waals surface area (Å²) in [5.74, 6) is 0.843. The minimum Gasteiger partial charge on any atom is -0.459 e. The fourth-order valence-electron chi connectivity index (χ4n) is 4.44. The van der Waals surface area contributed by atoms with Crippen LogP contribution in [0.1, 0.15) is 54.6 Å². The van der Waals surface area contributed by atoms with Gasteiger partial charge < -0.3 is 9.64 Å². The first-order valence-electron chi connectivity index (χ1n) is 11.3. The predicted octanol–water partition coefficient (Wildman–Crippen LogP) is 4.34. The number of hydrogen-bond acceptors (Lipinski definition) is 6. The number of esters is 1. The highest BCUT2D eigenvalue weighted by atomic mass is 32.1. The van der Waals surface area contributed by atoms with Crippen molar-refractivity contribution in [3.8, 4) is 0 Å². The van der Waals surface area contributed by atoms with Gasteiger partial charge in [-0.3, -0.25) is 9.36 Å². The van der Waals surface area contributed by atoms with E-state index < -0.39 is 12.0 Å². The molecule has 0 spiro atoms. The first-order valence-corrected chi connectivity index (χ1v) is 12.1. The van der Waals surface area contributed by atoms with Gasteiger partial charge in [0.2, 0.25) is 0 Å². The molecule has 7 heteroatoms. The summed E-state index contributed by atoms with van der Waals surface area (Å²) in [6.07, 6.45) is 3.43. The second-order valence-electron chi connectivity index (χ2n) is 8.99. The van der Waals surface area contributed by atoms with Crippen molar-refractivity contribution in [2.24, 2.45) is 5.92 Å². The van der Waals surface area contributed by atoms with Gasteiger partial charge in [-0.25, -0.2) is 9.78 Å². The van der Waals surface area contributed by atoms with Crippen molar-refractivity contribution in [3.63, 3.8) is 0 Å². The van der Waals surface area contributed by atoms with E-state index >= 15 is 0 Å². The fourth-order valence-corrected chi connectivity index (χ4v) is 5.83. The fraction of sp³-hybridized carbons (Fsp3) is 0.480. The first kappa shape index (κ1) is 22.7. The Kier molecular flexibility index (Phi) is 6.76. The summed E-state index contributed by atoms with van der Waals surface area (Å²) in [5.41, 5.74) is 1.95. The Labute approximate surface area is 192 Å². The monoisotopic (exact) mass is 453 g/mol. The Bertz CT molecular complexity index is 1170. The molecule has 170 valence electrons. The molecule has 2 heterocycles. The largest absolute Gasteiger partial charge is 0.459 e. The van der Waals surface area contributed by atoms with Crippen molar-refractivity contribution < 1.29 is 9.53 Å². The van der Waals surface area contributed by atoms with Crippen LogP contribution in [0.3, 0.4) is 0 Å². The minimum absolute atomic E-state index is 0.109. The molecule has 0 fully saturated rings. The summed E-state index contributed by atoms with van der Waals surface area (Å²) in [6.45, 7) is 4.84. The number of rotatable bonds is 7. The Morgan fingerprint density at radius 3 is 2.75 bits per heavy atom. The van der Waals surface area contributed by atoms with Crippen LogP contribution in [0.4, 0.5) is 0 Å². The summed E-state index contributed by atoms with van der Waals surface area (Å²) in [6, 6.07) is 8.90. The lowest BCUT2D eigenvalue weighted by atomic mass is 9.89. The molecular weight excluding hydrogens is 422 g/mol. The molecule has 0 radical (unpaired) electrons. The van der Waals surface area contributed by atoms with Crippen LogP contribution in [0.25, 0.3) is 10.2 Å². The molecule has 32 heavy (non-hydrogen) atoms. The van der Waals surface area contributed by atoms with E-state index in [4.69, 9.17) is 9.72 Å². The van der Waals surface area contributed by atoms with Crippen LogP contribution >= 0.6 is 11.3 Å². The van der Waals surface area contributed by atoms with Crippen molar-refractivity contribution in [1.29, 1.82) is 0 Å². The third kappa shape index (κ3) is 4.50. The van der Waals surface area contributed by atoms with Gasteiger partial charge in [0, 0.05) is 4.88 Å². The van der Waals surface area contributed by atoms with E-state index in [9.17, 15) is 9.59 Å². The topological polar surface area (TPSA) is 64.4 Å². The van der Waals surface area contributed by atoms with Gasteiger partial charge in [0.05, 0.1) is 11.9 Å². The van der Waals surface area contributed by atoms with Crippen LogP contribution in [-0.4, -0.2) is 34.5 Å². The lowest BCUT2D eigenvalue weighted by Gasteiger charge is -2.22. The zero-order valence-corrected chi connectivity index (χ0v) is 20.1. The maximum absolute atomic E-state index is 13.8. The number of hydrogen-bond donors (Lipinski definition) is 0. The SMILES string of the molecule is CCC(C(=O)OCc1ccccc1)n1c(CN(C)C)nc2sc3c(c2c1=O)CCC(C)C3. The molecule has 2 aromatic heterocycles. The third-order valence-electron chi connectivity index (χ3n) is 6.09. The maximum Gasteiger partial charge on any atom is 0.329 e. The standard InChI is InChI=1S/C25H31N3O3S/c1-5-19(25(30)31-15-17-9-7-6-8-10-17)28-21(14-27(3)4)26-23-22(24(28)29)18-12-11-16(2)13-20(18)32-23/h6-10,16,19H,5,11-15H2,1-4H3. The Morgan fingerprint density at radius 1 is 1.31 bits per heavy atom. The van der Waals surface area contributed by atoms with Crippen molar-refractivity contribution in [3.05, 3.63) is 62.5 Å². The molecule has 3 aromatic rings.